The first-order valence-corrected chi connectivity index (χ1v) is 9.07. The lowest BCUT2D eigenvalue weighted by molar-refractivity contribution is -0.143. The lowest BCUT2D eigenvalue weighted by Gasteiger charge is -2.31. The van der Waals surface area contributed by atoms with Gasteiger partial charge in [0.1, 0.15) is 0 Å². The molecule has 3 rings (SSSR count). The van der Waals surface area contributed by atoms with Crippen molar-refractivity contribution in [3.63, 3.8) is 0 Å². The molecule has 159 valence electrons. The standard InChI is InChI=1S/C22H19F6N2/c1-29-9-11-30(12-10-29)20(17-5-3-2-4-6-17)8-7-16-13-18(21(23,24)25)15-19(14-16)22(26,27)28/h2-6,8-15,20H,7H2,1H3. The molecule has 0 aliphatic carbocycles. The summed E-state index contributed by atoms with van der Waals surface area (Å²) < 4.78 is 78.7. The van der Waals surface area contributed by atoms with Crippen molar-refractivity contribution in [2.45, 2.75) is 24.8 Å². The predicted octanol–water partition coefficient (Wildman–Crippen LogP) is 6.40. The van der Waals surface area contributed by atoms with Crippen LogP contribution in [0.2, 0.25) is 0 Å². The third-order valence-corrected chi connectivity index (χ3v) is 4.63. The molecule has 1 radical (unpaired) electrons. The molecule has 1 heterocycles. The highest BCUT2D eigenvalue weighted by Crippen LogP contribution is 2.37. The largest absolute Gasteiger partial charge is 0.416 e. The van der Waals surface area contributed by atoms with Gasteiger partial charge in [-0.1, -0.05) is 30.3 Å². The minimum atomic E-state index is -4.86. The summed E-state index contributed by atoms with van der Waals surface area (Å²) in [6.07, 6.45) is -0.907. The van der Waals surface area contributed by atoms with Gasteiger partial charge in [-0.25, -0.2) is 0 Å². The van der Waals surface area contributed by atoms with Crippen LogP contribution in [0.3, 0.4) is 0 Å². The van der Waals surface area contributed by atoms with Crippen molar-refractivity contribution in [1.82, 2.24) is 9.80 Å². The Balaban J connectivity index is 1.90. The molecule has 30 heavy (non-hydrogen) atoms. The normalized spacial score (nSPS) is 15.6. The highest BCUT2D eigenvalue weighted by atomic mass is 19.4. The van der Waals surface area contributed by atoms with Gasteiger partial charge in [-0.05, 0) is 42.2 Å². The van der Waals surface area contributed by atoms with Crippen LogP contribution in [0, 0.1) is 6.42 Å². The van der Waals surface area contributed by atoms with Crippen molar-refractivity contribution in [3.05, 3.63) is 102 Å². The monoisotopic (exact) mass is 425 g/mol. The molecule has 1 atom stereocenters. The van der Waals surface area contributed by atoms with E-state index in [1.54, 1.807) is 31.2 Å². The van der Waals surface area contributed by atoms with E-state index in [1.165, 1.54) is 0 Å². The second-order valence-electron chi connectivity index (χ2n) is 6.92. The molecule has 1 unspecified atom stereocenters. The third kappa shape index (κ3) is 5.37. The summed E-state index contributed by atoms with van der Waals surface area (Å²) in [7, 11) is 1.84. The van der Waals surface area contributed by atoms with E-state index >= 15 is 0 Å². The number of alkyl halides is 6. The number of hydrogen-bond donors (Lipinski definition) is 0. The van der Waals surface area contributed by atoms with Gasteiger partial charge in [0, 0.05) is 31.8 Å². The van der Waals surface area contributed by atoms with E-state index < -0.39 is 23.5 Å². The zero-order valence-electron chi connectivity index (χ0n) is 16.0. The van der Waals surface area contributed by atoms with Crippen LogP contribution in [0.5, 0.6) is 0 Å². The number of rotatable bonds is 5. The number of halogens is 6. The maximum atomic E-state index is 13.1. The maximum Gasteiger partial charge on any atom is 0.416 e. The van der Waals surface area contributed by atoms with Crippen molar-refractivity contribution in [1.29, 1.82) is 0 Å². The fraction of sp³-hybridized carbons (Fsp3) is 0.227. The Hall–Kier alpha value is -2.90. The summed E-state index contributed by atoms with van der Waals surface area (Å²) in [5.41, 5.74) is -1.81. The molecule has 1 aliphatic rings. The summed E-state index contributed by atoms with van der Waals surface area (Å²) in [5.74, 6) is 0. The second-order valence-corrected chi connectivity index (χ2v) is 6.92. The third-order valence-electron chi connectivity index (χ3n) is 4.63. The molecule has 0 spiro atoms. The maximum absolute atomic E-state index is 13.1. The molecular formula is C22H19F6N2. The van der Waals surface area contributed by atoms with Gasteiger partial charge in [0.25, 0.3) is 0 Å². The van der Waals surface area contributed by atoms with E-state index in [-0.39, 0.29) is 24.1 Å². The second kappa shape index (κ2) is 8.45. The first-order chi connectivity index (χ1) is 14.0. The Morgan fingerprint density at radius 1 is 0.800 bits per heavy atom. The summed E-state index contributed by atoms with van der Waals surface area (Å²) in [5, 5.41) is 0. The van der Waals surface area contributed by atoms with Gasteiger partial charge in [0.05, 0.1) is 17.2 Å². The molecule has 1 aliphatic heterocycles. The number of hydrogen-bond acceptors (Lipinski definition) is 2. The van der Waals surface area contributed by atoms with Gasteiger partial charge in [0.15, 0.2) is 0 Å². The molecular weight excluding hydrogens is 406 g/mol. The predicted molar refractivity (Wildman–Crippen MR) is 102 cm³/mol. The Kier molecular flexibility index (Phi) is 6.14. The highest BCUT2D eigenvalue weighted by Gasteiger charge is 2.37. The molecule has 0 saturated carbocycles. The lowest BCUT2D eigenvalue weighted by Crippen LogP contribution is -2.23. The van der Waals surface area contributed by atoms with Gasteiger partial charge in [-0.3, -0.25) is 0 Å². The first kappa shape index (κ1) is 21.8. The summed E-state index contributed by atoms with van der Waals surface area (Å²) >= 11 is 0. The van der Waals surface area contributed by atoms with Crippen molar-refractivity contribution >= 4 is 0 Å². The van der Waals surface area contributed by atoms with Gasteiger partial charge < -0.3 is 9.80 Å². The molecule has 0 amide bonds. The van der Waals surface area contributed by atoms with Crippen LogP contribution < -0.4 is 0 Å². The fourth-order valence-electron chi connectivity index (χ4n) is 3.11. The van der Waals surface area contributed by atoms with Crippen molar-refractivity contribution in [2.75, 3.05) is 7.05 Å². The Labute approximate surface area is 170 Å². The fourth-order valence-corrected chi connectivity index (χ4v) is 3.11. The summed E-state index contributed by atoms with van der Waals surface area (Å²) in [6.45, 7) is 0. The van der Waals surface area contributed by atoms with E-state index in [4.69, 9.17) is 0 Å². The molecule has 2 aromatic carbocycles. The van der Waals surface area contributed by atoms with Gasteiger partial charge in [-0.2, -0.15) is 26.3 Å². The van der Waals surface area contributed by atoms with Crippen molar-refractivity contribution < 1.29 is 26.3 Å². The van der Waals surface area contributed by atoms with Crippen LogP contribution in [0.25, 0.3) is 0 Å². The topological polar surface area (TPSA) is 6.48 Å². The molecule has 0 saturated heterocycles. The van der Waals surface area contributed by atoms with Crippen LogP contribution in [0.15, 0.2) is 73.3 Å². The Bertz CT molecular complexity index is 869. The zero-order chi connectivity index (χ0) is 21.9. The molecule has 8 heteroatoms. The minimum absolute atomic E-state index is 0.0554. The lowest BCUT2D eigenvalue weighted by atomic mass is 9.95. The zero-order valence-corrected chi connectivity index (χ0v) is 16.0. The smallest absolute Gasteiger partial charge is 0.354 e. The Morgan fingerprint density at radius 3 is 1.83 bits per heavy atom. The molecule has 0 fully saturated rings. The average Bonchev–Trinajstić information content (AvgIpc) is 2.69. The van der Waals surface area contributed by atoms with Crippen LogP contribution in [-0.4, -0.2) is 16.8 Å². The van der Waals surface area contributed by atoms with Crippen LogP contribution >= 0.6 is 0 Å². The Morgan fingerprint density at radius 2 is 1.33 bits per heavy atom. The molecule has 2 aromatic rings. The van der Waals surface area contributed by atoms with Crippen LogP contribution in [0.4, 0.5) is 26.3 Å². The number of benzene rings is 2. The highest BCUT2D eigenvalue weighted by molar-refractivity contribution is 5.35. The van der Waals surface area contributed by atoms with E-state index in [0.29, 0.717) is 0 Å². The van der Waals surface area contributed by atoms with E-state index in [0.717, 1.165) is 17.7 Å². The van der Waals surface area contributed by atoms with Crippen LogP contribution in [-0.2, 0) is 18.8 Å². The average molecular weight is 425 g/mol. The number of nitrogens with zero attached hydrogens (tertiary/aromatic N) is 2. The van der Waals surface area contributed by atoms with Crippen LogP contribution in [0.1, 0.15) is 28.3 Å². The van der Waals surface area contributed by atoms with Gasteiger partial charge in [0.2, 0.25) is 0 Å². The van der Waals surface area contributed by atoms with Crippen molar-refractivity contribution in [2.24, 2.45) is 0 Å². The van der Waals surface area contributed by atoms with E-state index in [2.05, 4.69) is 0 Å². The van der Waals surface area contributed by atoms with E-state index in [1.807, 2.05) is 47.2 Å². The SMILES string of the molecule is CN1C=CN(C([CH]Cc2cc(C(F)(F)F)cc(C(F)(F)F)c2)c2ccccc2)C=C1. The molecule has 0 bridgehead atoms. The molecule has 0 aromatic heterocycles. The van der Waals surface area contributed by atoms with E-state index in [9.17, 15) is 26.3 Å². The van der Waals surface area contributed by atoms with Gasteiger partial charge >= 0.3 is 12.4 Å². The quantitative estimate of drug-likeness (QED) is 0.512. The minimum Gasteiger partial charge on any atom is -0.354 e. The first-order valence-electron chi connectivity index (χ1n) is 9.07. The van der Waals surface area contributed by atoms with Crippen molar-refractivity contribution in [3.8, 4) is 0 Å². The molecule has 0 N–H and O–H groups in total. The molecule has 2 nitrogen and oxygen atoms in total. The summed E-state index contributed by atoms with van der Waals surface area (Å²) in [4.78, 5) is 3.66. The van der Waals surface area contributed by atoms with Gasteiger partial charge in [-0.15, -0.1) is 0 Å². The summed E-state index contributed by atoms with van der Waals surface area (Å²) in [6, 6.07) is 10.5.